The predicted octanol–water partition coefficient (Wildman–Crippen LogP) is 3.46. The van der Waals surface area contributed by atoms with Crippen LogP contribution in [0.2, 0.25) is 0 Å². The van der Waals surface area contributed by atoms with Gasteiger partial charge in [-0.2, -0.15) is 0 Å². The van der Waals surface area contributed by atoms with Crippen molar-refractivity contribution in [2.75, 3.05) is 6.61 Å². The molecule has 0 unspecified atom stereocenters. The van der Waals surface area contributed by atoms with Gasteiger partial charge in [0.25, 0.3) is 0 Å². The fourth-order valence-corrected chi connectivity index (χ4v) is 1.68. The molecule has 0 aliphatic heterocycles. The molecule has 0 heterocycles. The summed E-state index contributed by atoms with van der Waals surface area (Å²) in [6, 6.07) is 7.54. The van der Waals surface area contributed by atoms with Gasteiger partial charge in [-0.3, -0.25) is 4.79 Å². The van der Waals surface area contributed by atoms with Crippen molar-refractivity contribution in [2.24, 2.45) is 5.92 Å². The highest BCUT2D eigenvalue weighted by atomic mass is 16.5. The summed E-state index contributed by atoms with van der Waals surface area (Å²) in [5.74, 6) is 1.71. The van der Waals surface area contributed by atoms with Crippen LogP contribution >= 0.6 is 0 Å². The first-order chi connectivity index (χ1) is 7.79. The fraction of sp³-hybridized carbons (Fsp3) is 0.500. The van der Waals surface area contributed by atoms with E-state index in [9.17, 15) is 4.79 Å². The van der Waals surface area contributed by atoms with Crippen molar-refractivity contribution in [3.05, 3.63) is 29.8 Å². The molecule has 0 radical (unpaired) electrons. The number of rotatable bonds is 6. The number of carbonyl (C=O) groups is 1. The van der Waals surface area contributed by atoms with Crippen molar-refractivity contribution >= 4 is 5.78 Å². The van der Waals surface area contributed by atoms with Crippen LogP contribution in [0.25, 0.3) is 0 Å². The standard InChI is InChI=1S/C14H18O2/c1-2-8-16-13-5-3-4-12(10-13)14(15)9-11-6-7-11/h3-5,10-11H,2,6-9H2,1H3. The van der Waals surface area contributed by atoms with Gasteiger partial charge in [0.15, 0.2) is 5.78 Å². The molecular weight excluding hydrogens is 200 g/mol. The highest BCUT2D eigenvalue weighted by molar-refractivity contribution is 5.96. The summed E-state index contributed by atoms with van der Waals surface area (Å²) in [5.41, 5.74) is 0.792. The molecule has 0 saturated heterocycles. The normalized spacial score (nSPS) is 14.8. The maximum Gasteiger partial charge on any atom is 0.163 e. The van der Waals surface area contributed by atoms with E-state index in [1.807, 2.05) is 24.3 Å². The minimum Gasteiger partial charge on any atom is -0.494 e. The van der Waals surface area contributed by atoms with E-state index in [1.165, 1.54) is 12.8 Å². The molecule has 0 N–H and O–H groups in total. The Bertz CT molecular complexity index is 367. The van der Waals surface area contributed by atoms with E-state index in [0.29, 0.717) is 18.9 Å². The molecule has 2 heteroatoms. The minimum atomic E-state index is 0.254. The Balaban J connectivity index is 1.99. The maximum atomic E-state index is 11.9. The second kappa shape index (κ2) is 5.15. The molecule has 86 valence electrons. The van der Waals surface area contributed by atoms with E-state index in [1.54, 1.807) is 0 Å². The number of hydrogen-bond acceptors (Lipinski definition) is 2. The van der Waals surface area contributed by atoms with Crippen molar-refractivity contribution < 1.29 is 9.53 Å². The van der Waals surface area contributed by atoms with Crippen LogP contribution in [-0.2, 0) is 0 Å². The summed E-state index contributed by atoms with van der Waals surface area (Å²) in [4.78, 5) is 11.9. The molecule has 0 atom stereocenters. The first-order valence-corrected chi connectivity index (χ1v) is 6.05. The molecule has 0 bridgehead atoms. The molecule has 1 aliphatic rings. The number of hydrogen-bond donors (Lipinski definition) is 0. The van der Waals surface area contributed by atoms with Crippen molar-refractivity contribution in [1.82, 2.24) is 0 Å². The zero-order valence-corrected chi connectivity index (χ0v) is 9.74. The predicted molar refractivity (Wildman–Crippen MR) is 63.9 cm³/mol. The molecule has 0 spiro atoms. The highest BCUT2D eigenvalue weighted by Gasteiger charge is 2.24. The monoisotopic (exact) mass is 218 g/mol. The summed E-state index contributed by atoms with van der Waals surface area (Å²) < 4.78 is 5.51. The largest absolute Gasteiger partial charge is 0.494 e. The average Bonchev–Trinajstić information content (AvgIpc) is 3.10. The zero-order valence-electron chi connectivity index (χ0n) is 9.74. The van der Waals surface area contributed by atoms with E-state index in [0.717, 1.165) is 17.7 Å². The van der Waals surface area contributed by atoms with Crippen molar-refractivity contribution in [1.29, 1.82) is 0 Å². The molecule has 0 aromatic heterocycles. The second-order valence-corrected chi connectivity index (χ2v) is 4.45. The van der Waals surface area contributed by atoms with Gasteiger partial charge in [0.2, 0.25) is 0 Å². The number of Topliss-reactive ketones (excluding diaryl/α,β-unsaturated/α-hetero) is 1. The summed E-state index contributed by atoms with van der Waals surface area (Å²) in [7, 11) is 0. The number of ether oxygens (including phenoxy) is 1. The number of carbonyl (C=O) groups excluding carboxylic acids is 1. The van der Waals surface area contributed by atoms with Crippen LogP contribution in [0.1, 0.15) is 43.0 Å². The zero-order chi connectivity index (χ0) is 11.4. The van der Waals surface area contributed by atoms with Crippen LogP contribution in [0, 0.1) is 5.92 Å². The SMILES string of the molecule is CCCOc1cccc(C(=O)CC2CC2)c1. The van der Waals surface area contributed by atoms with Gasteiger partial charge in [-0.25, -0.2) is 0 Å². The van der Waals surface area contributed by atoms with Gasteiger partial charge in [-0.15, -0.1) is 0 Å². The highest BCUT2D eigenvalue weighted by Crippen LogP contribution is 2.33. The number of ketones is 1. The molecule has 1 saturated carbocycles. The molecular formula is C14H18O2. The molecule has 16 heavy (non-hydrogen) atoms. The van der Waals surface area contributed by atoms with E-state index in [4.69, 9.17) is 4.74 Å². The Morgan fingerprint density at radius 1 is 1.44 bits per heavy atom. The molecule has 2 rings (SSSR count). The van der Waals surface area contributed by atoms with Gasteiger partial charge in [-0.1, -0.05) is 19.1 Å². The van der Waals surface area contributed by atoms with Crippen LogP contribution in [0.15, 0.2) is 24.3 Å². The van der Waals surface area contributed by atoms with Crippen LogP contribution in [0.4, 0.5) is 0 Å². The lowest BCUT2D eigenvalue weighted by Gasteiger charge is -2.06. The van der Waals surface area contributed by atoms with E-state index < -0.39 is 0 Å². The summed E-state index contributed by atoms with van der Waals surface area (Å²) in [6.45, 7) is 2.78. The van der Waals surface area contributed by atoms with E-state index in [-0.39, 0.29) is 5.78 Å². The molecule has 1 aromatic carbocycles. The van der Waals surface area contributed by atoms with Gasteiger partial charge in [0.05, 0.1) is 6.61 Å². The second-order valence-electron chi connectivity index (χ2n) is 4.45. The van der Waals surface area contributed by atoms with Gasteiger partial charge in [0, 0.05) is 12.0 Å². The van der Waals surface area contributed by atoms with Crippen LogP contribution in [-0.4, -0.2) is 12.4 Å². The average molecular weight is 218 g/mol. The molecule has 1 aliphatic carbocycles. The Morgan fingerprint density at radius 3 is 2.94 bits per heavy atom. The third-order valence-corrected chi connectivity index (χ3v) is 2.80. The molecule has 1 fully saturated rings. The molecule has 1 aromatic rings. The quantitative estimate of drug-likeness (QED) is 0.683. The molecule has 2 nitrogen and oxygen atoms in total. The third-order valence-electron chi connectivity index (χ3n) is 2.80. The lowest BCUT2D eigenvalue weighted by molar-refractivity contribution is 0.0975. The number of benzene rings is 1. The smallest absolute Gasteiger partial charge is 0.163 e. The van der Waals surface area contributed by atoms with Crippen molar-refractivity contribution in [3.63, 3.8) is 0 Å². The van der Waals surface area contributed by atoms with E-state index >= 15 is 0 Å². The van der Waals surface area contributed by atoms with Crippen LogP contribution in [0.3, 0.4) is 0 Å². The van der Waals surface area contributed by atoms with Gasteiger partial charge < -0.3 is 4.74 Å². The Hall–Kier alpha value is -1.31. The summed E-state index contributed by atoms with van der Waals surface area (Å²) >= 11 is 0. The maximum absolute atomic E-state index is 11.9. The lowest BCUT2D eigenvalue weighted by atomic mass is 10.1. The van der Waals surface area contributed by atoms with Gasteiger partial charge in [-0.05, 0) is 37.3 Å². The fourth-order valence-electron chi connectivity index (χ4n) is 1.68. The summed E-state index contributed by atoms with van der Waals surface area (Å²) in [6.07, 6.45) is 4.13. The van der Waals surface area contributed by atoms with Crippen molar-refractivity contribution in [2.45, 2.75) is 32.6 Å². The topological polar surface area (TPSA) is 26.3 Å². The molecule has 0 amide bonds. The lowest BCUT2D eigenvalue weighted by Crippen LogP contribution is -2.01. The van der Waals surface area contributed by atoms with Crippen LogP contribution < -0.4 is 4.74 Å². The first kappa shape index (κ1) is 11.2. The Labute approximate surface area is 96.6 Å². The van der Waals surface area contributed by atoms with Gasteiger partial charge >= 0.3 is 0 Å². The summed E-state index contributed by atoms with van der Waals surface area (Å²) in [5, 5.41) is 0. The van der Waals surface area contributed by atoms with Crippen LogP contribution in [0.5, 0.6) is 5.75 Å². The third kappa shape index (κ3) is 3.09. The van der Waals surface area contributed by atoms with Crippen molar-refractivity contribution in [3.8, 4) is 5.75 Å². The first-order valence-electron chi connectivity index (χ1n) is 6.05. The van der Waals surface area contributed by atoms with E-state index in [2.05, 4.69) is 6.92 Å². The van der Waals surface area contributed by atoms with Gasteiger partial charge in [0.1, 0.15) is 5.75 Å². The minimum absolute atomic E-state index is 0.254. The Morgan fingerprint density at radius 2 is 2.25 bits per heavy atom. The Kier molecular flexibility index (Phi) is 3.60.